The van der Waals surface area contributed by atoms with E-state index in [1.165, 1.54) is 7.11 Å². The monoisotopic (exact) mass is 339 g/mol. The van der Waals surface area contributed by atoms with Crippen molar-refractivity contribution in [2.45, 2.75) is 55.4 Å². The number of benzene rings is 1. The first-order valence-corrected chi connectivity index (χ1v) is 9.17. The Kier molecular flexibility index (Phi) is 6.18. The van der Waals surface area contributed by atoms with Crippen molar-refractivity contribution in [1.29, 1.82) is 0 Å². The fraction of sp³-hybridized carbons (Fsp3) is 0.588. The summed E-state index contributed by atoms with van der Waals surface area (Å²) < 4.78 is 17.9. The number of carbonyl (C=O) groups is 1. The number of rotatable bonds is 4. The molecule has 5 nitrogen and oxygen atoms in total. The Morgan fingerprint density at radius 3 is 2.57 bits per heavy atom. The Morgan fingerprint density at radius 1 is 1.35 bits per heavy atom. The second-order valence-electron chi connectivity index (χ2n) is 6.04. The van der Waals surface area contributed by atoms with Gasteiger partial charge in [0.1, 0.15) is 0 Å². The normalized spacial score (nSPS) is 22.3. The van der Waals surface area contributed by atoms with Gasteiger partial charge in [-0.2, -0.15) is 0 Å². The van der Waals surface area contributed by atoms with Crippen LogP contribution in [0.3, 0.4) is 0 Å². The van der Waals surface area contributed by atoms with Gasteiger partial charge in [-0.25, -0.2) is 4.79 Å². The number of hydrogen-bond donors (Lipinski definition) is 1. The van der Waals surface area contributed by atoms with E-state index in [4.69, 9.17) is 4.74 Å². The molecule has 128 valence electrons. The first kappa shape index (κ1) is 17.9. The molecule has 2 rings (SSSR count). The van der Waals surface area contributed by atoms with E-state index in [9.17, 15) is 14.1 Å². The zero-order chi connectivity index (χ0) is 17.0. The zero-order valence-corrected chi connectivity index (χ0v) is 14.7. The van der Waals surface area contributed by atoms with Gasteiger partial charge in [0, 0.05) is 11.4 Å². The summed E-state index contributed by atoms with van der Waals surface area (Å²) in [6, 6.07) is 7.19. The number of aryl methyl sites for hydroxylation is 1. The van der Waals surface area contributed by atoms with Gasteiger partial charge in [0.2, 0.25) is 0 Å². The third-order valence-electron chi connectivity index (χ3n) is 4.31. The van der Waals surface area contributed by atoms with Gasteiger partial charge in [0.15, 0.2) is 0 Å². The number of aliphatic hydroxyl groups is 1. The molecule has 0 aliphatic carbocycles. The average molecular weight is 339 g/mol. The zero-order valence-electron chi connectivity index (χ0n) is 13.9. The second kappa shape index (κ2) is 7.93. The van der Waals surface area contributed by atoms with E-state index in [0.29, 0.717) is 11.4 Å². The molecule has 0 unspecified atom stereocenters. The molecule has 0 spiro atoms. The third kappa shape index (κ3) is 4.12. The molecular weight excluding hydrogens is 314 g/mol. The minimum atomic E-state index is -1.40. The van der Waals surface area contributed by atoms with Gasteiger partial charge in [0.05, 0.1) is 35.3 Å². The molecule has 1 fully saturated rings. The van der Waals surface area contributed by atoms with Crippen LogP contribution >= 0.6 is 0 Å². The molecule has 1 aromatic rings. The van der Waals surface area contributed by atoms with E-state index in [2.05, 4.69) is 0 Å². The summed E-state index contributed by atoms with van der Waals surface area (Å²) in [5.41, 5.74) is 1.09. The SMILES string of the molecule is COC(=O)N1CCCC[C@H]1[C@@H]([C@H](C)O)[S@@](=O)c1ccc(C)cc1. The molecule has 1 saturated heterocycles. The van der Waals surface area contributed by atoms with Crippen LogP contribution in [0.5, 0.6) is 0 Å². The Labute approximate surface area is 140 Å². The van der Waals surface area contributed by atoms with Crippen molar-refractivity contribution in [3.05, 3.63) is 29.8 Å². The van der Waals surface area contributed by atoms with Crippen LogP contribution in [0.4, 0.5) is 4.79 Å². The summed E-state index contributed by atoms with van der Waals surface area (Å²) in [6.45, 7) is 4.19. The highest BCUT2D eigenvalue weighted by molar-refractivity contribution is 7.85. The lowest BCUT2D eigenvalue weighted by molar-refractivity contribution is 0.0698. The number of ether oxygens (including phenoxy) is 1. The number of hydrogen-bond acceptors (Lipinski definition) is 4. The molecule has 1 aliphatic heterocycles. The number of piperidine rings is 1. The van der Waals surface area contributed by atoms with Gasteiger partial charge >= 0.3 is 6.09 Å². The first-order chi connectivity index (χ1) is 11.0. The highest BCUT2D eigenvalue weighted by atomic mass is 32.2. The fourth-order valence-corrected chi connectivity index (χ4v) is 4.76. The predicted octanol–water partition coefficient (Wildman–Crippen LogP) is 2.47. The maximum Gasteiger partial charge on any atom is 0.409 e. The van der Waals surface area contributed by atoms with Crippen LogP contribution in [-0.4, -0.2) is 51.4 Å². The van der Waals surface area contributed by atoms with Crippen LogP contribution in [0, 0.1) is 6.92 Å². The number of nitrogens with zero attached hydrogens (tertiary/aromatic N) is 1. The number of carbonyl (C=O) groups excluding carboxylic acids is 1. The molecule has 1 aromatic carbocycles. The van der Waals surface area contributed by atoms with E-state index in [1.54, 1.807) is 11.8 Å². The van der Waals surface area contributed by atoms with Crippen molar-refractivity contribution in [3.8, 4) is 0 Å². The fourth-order valence-electron chi connectivity index (χ4n) is 3.12. The van der Waals surface area contributed by atoms with Crippen LogP contribution in [0.25, 0.3) is 0 Å². The number of methoxy groups -OCH3 is 1. The summed E-state index contributed by atoms with van der Waals surface area (Å²) in [4.78, 5) is 14.3. The molecule has 1 N–H and O–H groups in total. The third-order valence-corrected chi connectivity index (χ3v) is 6.25. The summed E-state index contributed by atoms with van der Waals surface area (Å²) in [6.07, 6.45) is 1.37. The maximum atomic E-state index is 13.0. The van der Waals surface area contributed by atoms with Crippen LogP contribution in [0.15, 0.2) is 29.2 Å². The molecule has 1 heterocycles. The lowest BCUT2D eigenvalue weighted by Gasteiger charge is -2.40. The Balaban J connectivity index is 2.30. The topological polar surface area (TPSA) is 66.8 Å². The molecule has 6 heteroatoms. The van der Waals surface area contributed by atoms with E-state index >= 15 is 0 Å². The summed E-state index contributed by atoms with van der Waals surface area (Å²) in [5.74, 6) is 0. The Hall–Kier alpha value is -1.40. The molecular formula is C17H25NO4S. The van der Waals surface area contributed by atoms with E-state index in [-0.39, 0.29) is 6.04 Å². The molecule has 1 aliphatic rings. The molecule has 0 aromatic heterocycles. The summed E-state index contributed by atoms with van der Waals surface area (Å²) in [5, 5.41) is 9.72. The molecule has 0 bridgehead atoms. The first-order valence-electron chi connectivity index (χ1n) is 7.95. The highest BCUT2D eigenvalue weighted by Gasteiger charge is 2.39. The second-order valence-corrected chi connectivity index (χ2v) is 7.65. The largest absolute Gasteiger partial charge is 0.453 e. The van der Waals surface area contributed by atoms with Gasteiger partial charge in [-0.1, -0.05) is 17.7 Å². The number of amides is 1. The van der Waals surface area contributed by atoms with Crippen molar-refractivity contribution < 1.29 is 18.8 Å². The highest BCUT2D eigenvalue weighted by Crippen LogP contribution is 2.28. The minimum absolute atomic E-state index is 0.279. The number of aliphatic hydroxyl groups excluding tert-OH is 1. The van der Waals surface area contributed by atoms with E-state index < -0.39 is 28.2 Å². The van der Waals surface area contributed by atoms with E-state index in [0.717, 1.165) is 24.8 Å². The van der Waals surface area contributed by atoms with Crippen molar-refractivity contribution >= 4 is 16.9 Å². The lowest BCUT2D eigenvalue weighted by Crippen LogP contribution is -2.54. The maximum absolute atomic E-state index is 13.0. The van der Waals surface area contributed by atoms with Gasteiger partial charge in [0.25, 0.3) is 0 Å². The molecule has 0 saturated carbocycles. The van der Waals surface area contributed by atoms with Crippen LogP contribution < -0.4 is 0 Å². The van der Waals surface area contributed by atoms with Crippen LogP contribution in [0.2, 0.25) is 0 Å². The smallest absolute Gasteiger partial charge is 0.409 e. The molecule has 1 amide bonds. The van der Waals surface area contributed by atoms with Gasteiger partial charge in [-0.15, -0.1) is 0 Å². The van der Waals surface area contributed by atoms with Gasteiger partial charge in [-0.05, 0) is 45.2 Å². The summed E-state index contributed by atoms with van der Waals surface area (Å²) in [7, 11) is -0.0463. The van der Waals surface area contributed by atoms with Crippen LogP contribution in [0.1, 0.15) is 31.7 Å². The lowest BCUT2D eigenvalue weighted by atomic mass is 9.97. The average Bonchev–Trinajstić information content (AvgIpc) is 2.55. The predicted molar refractivity (Wildman–Crippen MR) is 89.8 cm³/mol. The van der Waals surface area contributed by atoms with Crippen molar-refractivity contribution in [3.63, 3.8) is 0 Å². The van der Waals surface area contributed by atoms with Gasteiger partial charge < -0.3 is 14.7 Å². The number of likely N-dealkylation sites (tertiary alicyclic amines) is 1. The quantitative estimate of drug-likeness (QED) is 0.915. The van der Waals surface area contributed by atoms with Crippen molar-refractivity contribution in [1.82, 2.24) is 4.90 Å². The minimum Gasteiger partial charge on any atom is -0.453 e. The Morgan fingerprint density at radius 2 is 2.00 bits per heavy atom. The Bertz CT molecular complexity index is 558. The molecule has 0 radical (unpaired) electrons. The van der Waals surface area contributed by atoms with Gasteiger partial charge in [-0.3, -0.25) is 4.21 Å². The molecule has 4 atom stereocenters. The van der Waals surface area contributed by atoms with Crippen molar-refractivity contribution in [2.24, 2.45) is 0 Å². The van der Waals surface area contributed by atoms with Crippen molar-refractivity contribution in [2.75, 3.05) is 13.7 Å². The standard InChI is InChI=1S/C17H25NO4S/c1-12-7-9-14(10-8-12)23(21)16(13(2)19)15-6-4-5-11-18(15)17(20)22-3/h7-10,13,15-16,19H,4-6,11H2,1-3H3/t13-,15-,16+,23-/m0/s1. The van der Waals surface area contributed by atoms with E-state index in [1.807, 2.05) is 31.2 Å². The summed E-state index contributed by atoms with van der Waals surface area (Å²) >= 11 is 0. The van der Waals surface area contributed by atoms with Crippen LogP contribution in [-0.2, 0) is 15.5 Å². The molecule has 23 heavy (non-hydrogen) atoms.